The fourth-order valence-electron chi connectivity index (χ4n) is 2.63. The number of nitrogens with zero attached hydrogens (tertiary/aromatic N) is 3. The van der Waals surface area contributed by atoms with E-state index in [9.17, 15) is 4.79 Å². The highest BCUT2D eigenvalue weighted by atomic mass is 32.1. The van der Waals surface area contributed by atoms with Gasteiger partial charge in [0.15, 0.2) is 0 Å². The maximum atomic E-state index is 12.0. The van der Waals surface area contributed by atoms with Gasteiger partial charge in [-0.1, -0.05) is 0 Å². The SMILES string of the molecule is O=C(Cn1nccc1[C@@H]1CCCNC1)NCc1nccs1. The Hall–Kier alpha value is -1.73. The molecule has 7 heteroatoms. The molecular formula is C14H19N5OS. The Morgan fingerprint density at radius 1 is 1.52 bits per heavy atom. The average molecular weight is 305 g/mol. The Morgan fingerprint density at radius 3 is 3.24 bits per heavy atom. The van der Waals surface area contributed by atoms with Crippen molar-refractivity contribution in [3.05, 3.63) is 34.5 Å². The molecule has 1 aliphatic heterocycles. The van der Waals surface area contributed by atoms with Gasteiger partial charge >= 0.3 is 0 Å². The molecule has 6 nitrogen and oxygen atoms in total. The number of carbonyl (C=O) groups is 1. The summed E-state index contributed by atoms with van der Waals surface area (Å²) in [7, 11) is 0. The Balaban J connectivity index is 1.57. The number of carbonyl (C=O) groups excluding carboxylic acids is 1. The van der Waals surface area contributed by atoms with Gasteiger partial charge < -0.3 is 10.6 Å². The maximum absolute atomic E-state index is 12.0. The zero-order valence-electron chi connectivity index (χ0n) is 11.8. The lowest BCUT2D eigenvalue weighted by Gasteiger charge is -2.23. The van der Waals surface area contributed by atoms with E-state index < -0.39 is 0 Å². The minimum Gasteiger partial charge on any atom is -0.348 e. The lowest BCUT2D eigenvalue weighted by Crippen LogP contribution is -2.32. The molecular weight excluding hydrogens is 286 g/mol. The van der Waals surface area contributed by atoms with Gasteiger partial charge in [0.1, 0.15) is 11.6 Å². The van der Waals surface area contributed by atoms with Crippen LogP contribution in [0.25, 0.3) is 0 Å². The molecule has 2 aromatic heterocycles. The van der Waals surface area contributed by atoms with Gasteiger partial charge in [0.05, 0.1) is 6.54 Å². The molecule has 3 rings (SSSR count). The van der Waals surface area contributed by atoms with Gasteiger partial charge in [0.25, 0.3) is 0 Å². The van der Waals surface area contributed by atoms with E-state index in [2.05, 4.69) is 20.7 Å². The fourth-order valence-corrected chi connectivity index (χ4v) is 3.19. The summed E-state index contributed by atoms with van der Waals surface area (Å²) in [5.41, 5.74) is 1.14. The molecule has 2 N–H and O–H groups in total. The van der Waals surface area contributed by atoms with E-state index >= 15 is 0 Å². The Labute approximate surface area is 127 Å². The van der Waals surface area contributed by atoms with Gasteiger partial charge in [-0.25, -0.2) is 4.98 Å². The zero-order chi connectivity index (χ0) is 14.5. The standard InChI is InChI=1S/C14H19N5OS/c20-13(17-9-14-16-6-7-21-14)10-19-12(3-5-18-19)11-2-1-4-15-8-11/h3,5-7,11,15H,1-2,4,8-10H2,(H,17,20)/t11-/m1/s1. The minimum atomic E-state index is -0.0288. The smallest absolute Gasteiger partial charge is 0.242 e. The van der Waals surface area contributed by atoms with E-state index in [4.69, 9.17) is 0 Å². The van der Waals surface area contributed by atoms with Gasteiger partial charge in [0, 0.05) is 35.9 Å². The summed E-state index contributed by atoms with van der Waals surface area (Å²) in [6, 6.07) is 2.02. The summed E-state index contributed by atoms with van der Waals surface area (Å²) >= 11 is 1.54. The average Bonchev–Trinajstić information content (AvgIpc) is 3.17. The molecule has 0 radical (unpaired) electrons. The number of aromatic nitrogens is 3. The van der Waals surface area contributed by atoms with Crippen LogP contribution in [0.1, 0.15) is 29.5 Å². The number of hydrogen-bond donors (Lipinski definition) is 2. The normalized spacial score (nSPS) is 18.6. The predicted molar refractivity (Wildman–Crippen MR) is 81.0 cm³/mol. The highest BCUT2D eigenvalue weighted by Crippen LogP contribution is 2.22. The maximum Gasteiger partial charge on any atom is 0.242 e. The molecule has 21 heavy (non-hydrogen) atoms. The van der Waals surface area contributed by atoms with E-state index in [0.717, 1.165) is 30.2 Å². The van der Waals surface area contributed by atoms with Crippen LogP contribution in [0.15, 0.2) is 23.8 Å². The Bertz CT molecular complexity index is 574. The zero-order valence-corrected chi connectivity index (χ0v) is 12.6. The van der Waals surface area contributed by atoms with Crippen LogP contribution in [0.5, 0.6) is 0 Å². The summed E-state index contributed by atoms with van der Waals surface area (Å²) in [6.07, 6.45) is 5.84. The van der Waals surface area contributed by atoms with Gasteiger partial charge in [-0.3, -0.25) is 9.48 Å². The van der Waals surface area contributed by atoms with Crippen molar-refractivity contribution in [2.24, 2.45) is 0 Å². The highest BCUT2D eigenvalue weighted by Gasteiger charge is 2.19. The molecule has 1 amide bonds. The summed E-state index contributed by atoms with van der Waals surface area (Å²) in [4.78, 5) is 16.2. The van der Waals surface area contributed by atoms with Crippen LogP contribution in [0, 0.1) is 0 Å². The number of hydrogen-bond acceptors (Lipinski definition) is 5. The van der Waals surface area contributed by atoms with Crippen LogP contribution >= 0.6 is 11.3 Å². The molecule has 0 bridgehead atoms. The monoisotopic (exact) mass is 305 g/mol. The first-order valence-electron chi connectivity index (χ1n) is 7.20. The number of rotatable bonds is 5. The van der Waals surface area contributed by atoms with Crippen molar-refractivity contribution in [1.82, 2.24) is 25.4 Å². The minimum absolute atomic E-state index is 0.0288. The highest BCUT2D eigenvalue weighted by molar-refractivity contribution is 7.09. The molecule has 0 aliphatic carbocycles. The molecule has 1 fully saturated rings. The van der Waals surface area contributed by atoms with Crippen LogP contribution in [0.3, 0.4) is 0 Å². The van der Waals surface area contributed by atoms with Crippen LogP contribution in [0.4, 0.5) is 0 Å². The van der Waals surface area contributed by atoms with Gasteiger partial charge in [-0.2, -0.15) is 5.10 Å². The first-order valence-corrected chi connectivity index (χ1v) is 8.08. The molecule has 0 spiro atoms. The first-order chi connectivity index (χ1) is 10.3. The molecule has 0 unspecified atom stereocenters. The van der Waals surface area contributed by atoms with E-state index in [1.54, 1.807) is 23.7 Å². The second kappa shape index (κ2) is 6.82. The van der Waals surface area contributed by atoms with Crippen molar-refractivity contribution < 1.29 is 4.79 Å². The lowest BCUT2D eigenvalue weighted by molar-refractivity contribution is -0.122. The molecule has 0 aromatic carbocycles. The van der Waals surface area contributed by atoms with Crippen molar-refractivity contribution in [2.75, 3.05) is 13.1 Å². The van der Waals surface area contributed by atoms with E-state index in [-0.39, 0.29) is 12.5 Å². The number of amides is 1. The Morgan fingerprint density at radius 2 is 2.48 bits per heavy atom. The van der Waals surface area contributed by atoms with Crippen molar-refractivity contribution in [3.63, 3.8) is 0 Å². The summed E-state index contributed by atoms with van der Waals surface area (Å²) in [5.74, 6) is 0.423. The quantitative estimate of drug-likeness (QED) is 0.868. The van der Waals surface area contributed by atoms with Gasteiger partial charge in [0.2, 0.25) is 5.91 Å². The van der Waals surface area contributed by atoms with Crippen molar-refractivity contribution in [3.8, 4) is 0 Å². The molecule has 1 aliphatic rings. The van der Waals surface area contributed by atoms with Crippen LogP contribution in [-0.2, 0) is 17.9 Å². The van der Waals surface area contributed by atoms with Gasteiger partial charge in [-0.05, 0) is 25.5 Å². The molecule has 3 heterocycles. The molecule has 0 saturated carbocycles. The third-order valence-electron chi connectivity index (χ3n) is 3.68. The van der Waals surface area contributed by atoms with Crippen LogP contribution < -0.4 is 10.6 Å². The molecule has 1 saturated heterocycles. The van der Waals surface area contributed by atoms with Gasteiger partial charge in [-0.15, -0.1) is 11.3 Å². The second-order valence-corrected chi connectivity index (χ2v) is 6.14. The number of nitrogens with one attached hydrogen (secondary N) is 2. The van der Waals surface area contributed by atoms with Crippen LogP contribution in [-0.4, -0.2) is 33.8 Å². The predicted octanol–water partition coefficient (Wildman–Crippen LogP) is 1.12. The number of piperidine rings is 1. The fraction of sp³-hybridized carbons (Fsp3) is 0.500. The van der Waals surface area contributed by atoms with E-state index in [1.807, 2.05) is 16.1 Å². The first kappa shape index (κ1) is 14.2. The third kappa shape index (κ3) is 3.68. The molecule has 2 aromatic rings. The largest absolute Gasteiger partial charge is 0.348 e. The number of thiazole rings is 1. The topological polar surface area (TPSA) is 71.8 Å². The Kier molecular flexibility index (Phi) is 4.62. The summed E-state index contributed by atoms with van der Waals surface area (Å²) < 4.78 is 1.81. The van der Waals surface area contributed by atoms with E-state index in [0.29, 0.717) is 12.5 Å². The summed E-state index contributed by atoms with van der Waals surface area (Å²) in [6.45, 7) is 2.80. The summed E-state index contributed by atoms with van der Waals surface area (Å²) in [5, 5.41) is 13.4. The molecule has 1 atom stereocenters. The van der Waals surface area contributed by atoms with Crippen molar-refractivity contribution in [2.45, 2.75) is 31.8 Å². The lowest BCUT2D eigenvalue weighted by atomic mass is 9.96. The second-order valence-electron chi connectivity index (χ2n) is 5.16. The van der Waals surface area contributed by atoms with Crippen molar-refractivity contribution >= 4 is 17.2 Å². The van der Waals surface area contributed by atoms with Crippen LogP contribution in [0.2, 0.25) is 0 Å². The molecule has 112 valence electrons. The third-order valence-corrected chi connectivity index (χ3v) is 4.46. The van der Waals surface area contributed by atoms with E-state index in [1.165, 1.54) is 6.42 Å². The van der Waals surface area contributed by atoms with Crippen molar-refractivity contribution in [1.29, 1.82) is 0 Å².